The number of benzene rings is 1. The van der Waals surface area contributed by atoms with Crippen LogP contribution in [0.1, 0.15) is 57.1 Å². The predicted octanol–water partition coefficient (Wildman–Crippen LogP) is -0.0254. The molecule has 1 aromatic carbocycles. The van der Waals surface area contributed by atoms with E-state index in [2.05, 4.69) is 15.6 Å². The van der Waals surface area contributed by atoms with E-state index >= 15 is 0 Å². The van der Waals surface area contributed by atoms with Gasteiger partial charge in [0, 0.05) is 6.54 Å². The van der Waals surface area contributed by atoms with Crippen molar-refractivity contribution in [2.24, 2.45) is 21.9 Å². The quantitative estimate of drug-likeness (QED) is 0.103. The molecule has 30 heavy (non-hydrogen) atoms. The molecule has 9 nitrogen and oxygen atoms in total. The third kappa shape index (κ3) is 6.20. The van der Waals surface area contributed by atoms with Crippen LogP contribution < -0.4 is 22.1 Å². The second-order valence-corrected chi connectivity index (χ2v) is 7.84. The normalized spacial score (nSPS) is 16.9. The molecule has 8 N–H and O–H groups in total. The van der Waals surface area contributed by atoms with Crippen molar-refractivity contribution in [2.45, 2.75) is 57.4 Å². The van der Waals surface area contributed by atoms with Gasteiger partial charge in [0.1, 0.15) is 5.41 Å². The smallest absolute Gasteiger partial charge is 0.426 e. The number of hydrogen-bond donors (Lipinski definition) is 6. The average molecular weight is 417 g/mol. The summed E-state index contributed by atoms with van der Waals surface area (Å²) in [7, 11) is -1.75. The molecule has 0 heterocycles. The SMILES string of the molecule is CC(NC(=O)C1(C(=O)N[C@@H](CCCN=C(N)N)B(O)O)CCCC1)c1ccccc1. The van der Waals surface area contributed by atoms with Crippen LogP contribution in [0.25, 0.3) is 0 Å². The van der Waals surface area contributed by atoms with E-state index in [0.29, 0.717) is 25.8 Å². The van der Waals surface area contributed by atoms with Gasteiger partial charge in [0.25, 0.3) is 0 Å². The Labute approximate surface area is 177 Å². The van der Waals surface area contributed by atoms with Crippen LogP contribution in [0, 0.1) is 5.41 Å². The fourth-order valence-electron chi connectivity index (χ4n) is 3.82. The molecular weight excluding hydrogens is 385 g/mol. The van der Waals surface area contributed by atoms with E-state index in [1.54, 1.807) is 0 Å². The lowest BCUT2D eigenvalue weighted by Gasteiger charge is -2.30. The molecule has 1 aromatic rings. The van der Waals surface area contributed by atoms with Gasteiger partial charge in [-0.25, -0.2) is 0 Å². The minimum atomic E-state index is -1.75. The molecule has 1 fully saturated rings. The minimum absolute atomic E-state index is 0.0470. The van der Waals surface area contributed by atoms with Crippen LogP contribution >= 0.6 is 0 Å². The summed E-state index contributed by atoms with van der Waals surface area (Å²) in [6.07, 6.45) is 3.08. The minimum Gasteiger partial charge on any atom is -0.426 e. The molecule has 1 aliphatic carbocycles. The van der Waals surface area contributed by atoms with Crippen LogP contribution in [0.2, 0.25) is 0 Å². The number of hydrogen-bond acceptors (Lipinski definition) is 5. The highest BCUT2D eigenvalue weighted by Crippen LogP contribution is 2.39. The number of carbonyl (C=O) groups is 2. The Balaban J connectivity index is 2.06. The van der Waals surface area contributed by atoms with Crippen molar-refractivity contribution < 1.29 is 19.6 Å². The number of guanidine groups is 1. The van der Waals surface area contributed by atoms with E-state index in [-0.39, 0.29) is 24.3 Å². The van der Waals surface area contributed by atoms with Gasteiger partial charge in [0.15, 0.2) is 5.96 Å². The third-order valence-corrected chi connectivity index (χ3v) is 5.62. The average Bonchev–Trinajstić information content (AvgIpc) is 3.21. The molecule has 0 aromatic heterocycles. The Morgan fingerprint density at radius 1 is 1.13 bits per heavy atom. The Kier molecular flexibility index (Phi) is 8.67. The zero-order chi connectivity index (χ0) is 22.1. The van der Waals surface area contributed by atoms with Gasteiger partial charge in [-0.05, 0) is 38.2 Å². The van der Waals surface area contributed by atoms with Gasteiger partial charge < -0.3 is 32.1 Å². The molecule has 1 aliphatic rings. The maximum Gasteiger partial charge on any atom is 0.475 e. The molecule has 2 atom stereocenters. The lowest BCUT2D eigenvalue weighted by atomic mass is 9.75. The number of amides is 2. The number of nitrogens with one attached hydrogen (secondary N) is 2. The topological polar surface area (TPSA) is 163 Å². The highest BCUT2D eigenvalue weighted by atomic mass is 16.4. The maximum atomic E-state index is 13.1. The largest absolute Gasteiger partial charge is 0.475 e. The number of aliphatic imine (C=N–C) groups is 1. The van der Waals surface area contributed by atoms with Gasteiger partial charge in [-0.1, -0.05) is 43.2 Å². The first-order valence-electron chi connectivity index (χ1n) is 10.3. The van der Waals surface area contributed by atoms with Crippen molar-refractivity contribution in [3.8, 4) is 0 Å². The van der Waals surface area contributed by atoms with Crippen molar-refractivity contribution >= 4 is 24.9 Å². The van der Waals surface area contributed by atoms with E-state index in [1.165, 1.54) is 0 Å². The van der Waals surface area contributed by atoms with Gasteiger partial charge in [-0.15, -0.1) is 0 Å². The number of nitrogens with zero attached hydrogens (tertiary/aromatic N) is 1. The van der Waals surface area contributed by atoms with Gasteiger partial charge >= 0.3 is 7.12 Å². The molecule has 2 amide bonds. The summed E-state index contributed by atoms with van der Waals surface area (Å²) in [5, 5.41) is 25.0. The summed E-state index contributed by atoms with van der Waals surface area (Å²) in [6.45, 7) is 2.18. The molecule has 2 rings (SSSR count). The summed E-state index contributed by atoms with van der Waals surface area (Å²) in [4.78, 5) is 30.1. The monoisotopic (exact) mass is 417 g/mol. The Morgan fingerprint density at radius 3 is 2.30 bits per heavy atom. The summed E-state index contributed by atoms with van der Waals surface area (Å²) >= 11 is 0. The molecule has 0 aliphatic heterocycles. The van der Waals surface area contributed by atoms with Crippen molar-refractivity contribution in [1.82, 2.24) is 10.6 Å². The van der Waals surface area contributed by atoms with Gasteiger partial charge in [-0.2, -0.15) is 0 Å². The summed E-state index contributed by atoms with van der Waals surface area (Å²) in [6, 6.07) is 9.28. The molecular formula is C20H32BN5O4. The molecule has 0 radical (unpaired) electrons. The van der Waals surface area contributed by atoms with E-state index < -0.39 is 24.4 Å². The predicted molar refractivity (Wildman–Crippen MR) is 116 cm³/mol. The fourth-order valence-corrected chi connectivity index (χ4v) is 3.82. The molecule has 1 saturated carbocycles. The van der Waals surface area contributed by atoms with Crippen LogP contribution in [0.4, 0.5) is 0 Å². The first kappa shape index (κ1) is 23.7. The molecule has 1 unspecified atom stereocenters. The Hall–Kier alpha value is -2.59. The van der Waals surface area contributed by atoms with Crippen LogP contribution in [0.5, 0.6) is 0 Å². The summed E-state index contributed by atoms with van der Waals surface area (Å²) < 4.78 is 0. The van der Waals surface area contributed by atoms with Gasteiger partial charge in [-0.3, -0.25) is 14.6 Å². The lowest BCUT2D eigenvalue weighted by Crippen LogP contribution is -2.56. The first-order chi connectivity index (χ1) is 14.3. The van der Waals surface area contributed by atoms with Crippen LogP contribution in [0.15, 0.2) is 35.3 Å². The lowest BCUT2D eigenvalue weighted by molar-refractivity contribution is -0.144. The van der Waals surface area contributed by atoms with Crippen LogP contribution in [-0.4, -0.2) is 47.4 Å². The number of carbonyl (C=O) groups excluding carboxylic acids is 2. The van der Waals surface area contributed by atoms with E-state index in [1.807, 2.05) is 37.3 Å². The van der Waals surface area contributed by atoms with Crippen molar-refractivity contribution in [1.29, 1.82) is 0 Å². The summed E-state index contributed by atoms with van der Waals surface area (Å²) in [5.74, 6) is -1.77. The van der Waals surface area contributed by atoms with E-state index in [9.17, 15) is 19.6 Å². The van der Waals surface area contributed by atoms with Gasteiger partial charge in [0.2, 0.25) is 11.8 Å². The highest BCUT2D eigenvalue weighted by Gasteiger charge is 2.49. The van der Waals surface area contributed by atoms with Crippen molar-refractivity contribution in [3.05, 3.63) is 35.9 Å². The maximum absolute atomic E-state index is 13.1. The number of rotatable bonds is 10. The Morgan fingerprint density at radius 2 is 1.73 bits per heavy atom. The molecule has 0 spiro atoms. The Bertz CT molecular complexity index is 734. The first-order valence-corrected chi connectivity index (χ1v) is 10.3. The van der Waals surface area contributed by atoms with Crippen LogP contribution in [0.3, 0.4) is 0 Å². The highest BCUT2D eigenvalue weighted by molar-refractivity contribution is 6.43. The summed E-state index contributed by atoms with van der Waals surface area (Å²) in [5.41, 5.74) is 10.3. The van der Waals surface area contributed by atoms with Crippen molar-refractivity contribution in [2.75, 3.05) is 6.54 Å². The van der Waals surface area contributed by atoms with Crippen molar-refractivity contribution in [3.63, 3.8) is 0 Å². The van der Waals surface area contributed by atoms with E-state index in [4.69, 9.17) is 11.5 Å². The fraction of sp³-hybridized carbons (Fsp3) is 0.550. The third-order valence-electron chi connectivity index (χ3n) is 5.62. The molecule has 10 heteroatoms. The number of nitrogens with two attached hydrogens (primary N) is 2. The zero-order valence-corrected chi connectivity index (χ0v) is 17.4. The second-order valence-electron chi connectivity index (χ2n) is 7.84. The molecule has 0 bridgehead atoms. The molecule has 0 saturated heterocycles. The zero-order valence-electron chi connectivity index (χ0n) is 17.4. The van der Waals surface area contributed by atoms with E-state index in [0.717, 1.165) is 18.4 Å². The van der Waals surface area contributed by atoms with Crippen LogP contribution in [-0.2, 0) is 9.59 Å². The molecule has 164 valence electrons. The standard InChI is InChI=1S/C20H32BN5O4/c1-14(15-8-3-2-4-9-15)25-17(27)20(11-5-6-12-20)18(28)26-16(21(29)30)10-7-13-24-19(22)23/h2-4,8-9,14,16,29-30H,5-7,10-13H2,1H3,(H,25,27)(H,26,28)(H4,22,23,24)/t14?,16-/m0/s1. The van der Waals surface area contributed by atoms with Gasteiger partial charge in [0.05, 0.1) is 12.0 Å². The second kappa shape index (κ2) is 11.0.